The topological polar surface area (TPSA) is 61.1 Å². The molecule has 0 unspecified atom stereocenters. The first-order valence-electron chi connectivity index (χ1n) is 7.08. The Morgan fingerprint density at radius 2 is 2.00 bits per heavy atom. The van der Waals surface area contributed by atoms with Crippen LogP contribution in [0, 0.1) is 18.3 Å². The van der Waals surface area contributed by atoms with Crippen molar-refractivity contribution in [2.45, 2.75) is 6.92 Å². The predicted octanol–water partition coefficient (Wildman–Crippen LogP) is 4.46. The van der Waals surface area contributed by atoms with Crippen molar-refractivity contribution in [3.05, 3.63) is 70.5 Å². The zero-order valence-corrected chi connectivity index (χ0v) is 13.3. The number of hydrogen-bond acceptors (Lipinski definition) is 5. The predicted molar refractivity (Wildman–Crippen MR) is 94.5 cm³/mol. The van der Waals surface area contributed by atoms with Gasteiger partial charge in [-0.2, -0.15) is 10.4 Å². The maximum Gasteiger partial charge on any atom is 0.196 e. The Hall–Kier alpha value is -2.97. The third-order valence-electron chi connectivity index (χ3n) is 3.20. The fraction of sp³-hybridized carbons (Fsp3) is 0.0556. The van der Waals surface area contributed by atoms with E-state index in [0.29, 0.717) is 5.01 Å². The Bertz CT molecular complexity index is 875. The summed E-state index contributed by atoms with van der Waals surface area (Å²) in [6.07, 6.45) is 0. The second-order valence-corrected chi connectivity index (χ2v) is 5.82. The minimum atomic E-state index is 0.277. The van der Waals surface area contributed by atoms with Gasteiger partial charge in [0.05, 0.1) is 11.4 Å². The van der Waals surface area contributed by atoms with E-state index in [9.17, 15) is 5.26 Å². The number of nitrogens with zero attached hydrogens (tertiary/aromatic N) is 3. The van der Waals surface area contributed by atoms with Crippen LogP contribution < -0.4 is 5.43 Å². The van der Waals surface area contributed by atoms with Crippen molar-refractivity contribution in [2.75, 3.05) is 5.43 Å². The molecule has 0 radical (unpaired) electrons. The van der Waals surface area contributed by atoms with Gasteiger partial charge in [-0.3, -0.25) is 5.43 Å². The molecule has 23 heavy (non-hydrogen) atoms. The maximum absolute atomic E-state index is 9.34. The Labute approximate surface area is 138 Å². The molecule has 1 aromatic heterocycles. The molecule has 1 N–H and O–H groups in total. The lowest BCUT2D eigenvalue weighted by molar-refractivity contribution is 1.30. The number of aromatic nitrogens is 1. The number of benzene rings is 2. The van der Waals surface area contributed by atoms with E-state index in [2.05, 4.69) is 21.6 Å². The number of nitrogens with one attached hydrogen (secondary N) is 1. The minimum Gasteiger partial charge on any atom is -0.277 e. The van der Waals surface area contributed by atoms with E-state index in [0.717, 1.165) is 22.5 Å². The monoisotopic (exact) mass is 318 g/mol. The highest BCUT2D eigenvalue weighted by Crippen LogP contribution is 2.22. The molecule has 0 aliphatic carbocycles. The highest BCUT2D eigenvalue weighted by molar-refractivity contribution is 7.12. The summed E-state index contributed by atoms with van der Waals surface area (Å²) in [5.74, 6) is 0. The molecule has 3 aromatic rings. The van der Waals surface area contributed by atoms with Crippen LogP contribution in [0.4, 0.5) is 5.69 Å². The van der Waals surface area contributed by atoms with Crippen LogP contribution in [-0.4, -0.2) is 10.7 Å². The molecular weight excluding hydrogens is 304 g/mol. The van der Waals surface area contributed by atoms with Gasteiger partial charge in [0.2, 0.25) is 0 Å². The first-order valence-corrected chi connectivity index (χ1v) is 7.96. The second kappa shape index (κ2) is 6.86. The fourth-order valence-corrected chi connectivity index (χ4v) is 2.85. The van der Waals surface area contributed by atoms with Gasteiger partial charge >= 0.3 is 0 Å². The summed E-state index contributed by atoms with van der Waals surface area (Å²) in [4.78, 5) is 4.51. The van der Waals surface area contributed by atoms with Crippen LogP contribution >= 0.6 is 11.3 Å². The average Bonchev–Trinajstić information content (AvgIpc) is 3.06. The minimum absolute atomic E-state index is 0.277. The number of hydrogen-bond donors (Lipinski definition) is 1. The van der Waals surface area contributed by atoms with E-state index in [4.69, 9.17) is 0 Å². The van der Waals surface area contributed by atoms with E-state index in [1.165, 1.54) is 11.3 Å². The molecule has 0 atom stereocenters. The third kappa shape index (κ3) is 3.62. The van der Waals surface area contributed by atoms with Crippen LogP contribution in [0.2, 0.25) is 0 Å². The largest absolute Gasteiger partial charge is 0.277 e. The first kappa shape index (κ1) is 14.9. The standard InChI is InChI=1S/C18H14N4S/c1-13-6-5-9-15(10-13)21-22-16(11-19)18-20-17(12-23-18)14-7-3-2-4-8-14/h2-10,12,21H,1H3/b22-16+. The SMILES string of the molecule is Cc1cccc(N/N=C(\C#N)c2nc(-c3ccccc3)cs2)c1. The van der Waals surface area contributed by atoms with Crippen LogP contribution in [0.15, 0.2) is 65.1 Å². The van der Waals surface area contributed by atoms with Gasteiger partial charge in [0.1, 0.15) is 6.07 Å². The molecule has 0 fully saturated rings. The zero-order valence-electron chi connectivity index (χ0n) is 12.5. The lowest BCUT2D eigenvalue weighted by Gasteiger charge is -2.01. The molecule has 5 heteroatoms. The van der Waals surface area contributed by atoms with Crippen molar-refractivity contribution in [1.82, 2.24) is 4.98 Å². The highest BCUT2D eigenvalue weighted by Gasteiger charge is 2.10. The number of rotatable bonds is 4. The van der Waals surface area contributed by atoms with Crippen molar-refractivity contribution in [3.63, 3.8) is 0 Å². The quantitative estimate of drug-likeness (QED) is 0.571. The number of anilines is 1. The Balaban J connectivity index is 1.83. The number of aryl methyl sites for hydroxylation is 1. The molecule has 4 nitrogen and oxygen atoms in total. The second-order valence-electron chi connectivity index (χ2n) is 4.96. The van der Waals surface area contributed by atoms with E-state index >= 15 is 0 Å². The fourth-order valence-electron chi connectivity index (χ4n) is 2.08. The number of thiazole rings is 1. The van der Waals surface area contributed by atoms with Crippen molar-refractivity contribution in [1.29, 1.82) is 5.26 Å². The normalized spacial score (nSPS) is 11.0. The lowest BCUT2D eigenvalue weighted by atomic mass is 10.2. The number of hydrazone groups is 1. The smallest absolute Gasteiger partial charge is 0.196 e. The molecule has 1 heterocycles. The molecule has 0 aliphatic rings. The summed E-state index contributed by atoms with van der Waals surface area (Å²) in [5.41, 5.74) is 7.04. The third-order valence-corrected chi connectivity index (χ3v) is 4.05. The molecule has 0 amide bonds. The molecule has 0 aliphatic heterocycles. The Kier molecular flexibility index (Phi) is 4.46. The van der Waals surface area contributed by atoms with E-state index < -0.39 is 0 Å². The van der Waals surface area contributed by atoms with Gasteiger partial charge < -0.3 is 0 Å². The summed E-state index contributed by atoms with van der Waals surface area (Å²) in [6.45, 7) is 2.01. The van der Waals surface area contributed by atoms with Crippen molar-refractivity contribution in [2.24, 2.45) is 5.10 Å². The van der Waals surface area contributed by atoms with Gasteiger partial charge in [0, 0.05) is 10.9 Å². The molecule has 0 saturated heterocycles. The Morgan fingerprint density at radius 3 is 2.74 bits per heavy atom. The molecule has 0 bridgehead atoms. The van der Waals surface area contributed by atoms with Gasteiger partial charge in [-0.05, 0) is 24.6 Å². The highest BCUT2D eigenvalue weighted by atomic mass is 32.1. The van der Waals surface area contributed by atoms with E-state index in [1.54, 1.807) is 0 Å². The summed E-state index contributed by atoms with van der Waals surface area (Å²) < 4.78 is 0. The Morgan fingerprint density at radius 1 is 1.17 bits per heavy atom. The van der Waals surface area contributed by atoms with Crippen LogP contribution in [0.5, 0.6) is 0 Å². The lowest BCUT2D eigenvalue weighted by Crippen LogP contribution is -2.01. The van der Waals surface area contributed by atoms with Gasteiger partial charge in [-0.1, -0.05) is 42.5 Å². The average molecular weight is 318 g/mol. The molecule has 0 spiro atoms. The van der Waals surface area contributed by atoms with Gasteiger partial charge in [-0.25, -0.2) is 4.98 Å². The summed E-state index contributed by atoms with van der Waals surface area (Å²) in [5, 5.41) is 16.1. The number of nitriles is 1. The van der Waals surface area contributed by atoms with Gasteiger partial charge in [-0.15, -0.1) is 11.3 Å². The van der Waals surface area contributed by atoms with Gasteiger partial charge in [0.25, 0.3) is 0 Å². The van der Waals surface area contributed by atoms with Crippen molar-refractivity contribution < 1.29 is 0 Å². The zero-order chi connectivity index (χ0) is 16.1. The molecule has 3 rings (SSSR count). The van der Waals surface area contributed by atoms with E-state index in [-0.39, 0.29) is 5.71 Å². The van der Waals surface area contributed by atoms with Crippen molar-refractivity contribution >= 4 is 22.7 Å². The summed E-state index contributed by atoms with van der Waals surface area (Å²) in [7, 11) is 0. The summed E-state index contributed by atoms with van der Waals surface area (Å²) in [6, 6.07) is 19.8. The maximum atomic E-state index is 9.34. The van der Waals surface area contributed by atoms with Crippen LogP contribution in [0.25, 0.3) is 11.3 Å². The molecular formula is C18H14N4S. The first-order chi connectivity index (χ1) is 11.3. The van der Waals surface area contributed by atoms with Gasteiger partial charge in [0.15, 0.2) is 10.7 Å². The molecule has 112 valence electrons. The van der Waals surface area contributed by atoms with Crippen LogP contribution in [0.3, 0.4) is 0 Å². The van der Waals surface area contributed by atoms with E-state index in [1.807, 2.05) is 66.9 Å². The molecule has 2 aromatic carbocycles. The van der Waals surface area contributed by atoms with Crippen molar-refractivity contribution in [3.8, 4) is 17.3 Å². The van der Waals surface area contributed by atoms with Crippen LogP contribution in [-0.2, 0) is 0 Å². The van der Waals surface area contributed by atoms with Crippen LogP contribution in [0.1, 0.15) is 10.6 Å². The molecule has 0 saturated carbocycles. The summed E-state index contributed by atoms with van der Waals surface area (Å²) >= 11 is 1.41.